The first-order valence-corrected chi connectivity index (χ1v) is 10.4. The van der Waals surface area contributed by atoms with Crippen molar-refractivity contribution in [3.05, 3.63) is 35.3 Å². The molecule has 152 valence electrons. The molecule has 0 bridgehead atoms. The number of para-hydroxylation sites is 1. The van der Waals surface area contributed by atoms with E-state index in [9.17, 15) is 9.18 Å². The first-order valence-electron chi connectivity index (χ1n) is 10.4. The van der Waals surface area contributed by atoms with Gasteiger partial charge in [0.05, 0.1) is 18.0 Å². The van der Waals surface area contributed by atoms with Crippen LogP contribution < -0.4 is 5.32 Å². The average molecular weight is 387 g/mol. The topological polar surface area (TPSA) is 46.5 Å². The fourth-order valence-electron chi connectivity index (χ4n) is 5.02. The highest BCUT2D eigenvalue weighted by Gasteiger charge is 2.33. The summed E-state index contributed by atoms with van der Waals surface area (Å²) in [5.41, 5.74) is 2.96. The van der Waals surface area contributed by atoms with Crippen molar-refractivity contribution < 1.29 is 13.9 Å². The van der Waals surface area contributed by atoms with Gasteiger partial charge in [0.25, 0.3) is 0 Å². The first kappa shape index (κ1) is 19.4. The summed E-state index contributed by atoms with van der Waals surface area (Å²) in [6.07, 6.45) is 2.95. The Morgan fingerprint density at radius 3 is 2.96 bits per heavy atom. The minimum atomic E-state index is -0.191. The number of hydrogen-bond acceptors (Lipinski definition) is 3. The summed E-state index contributed by atoms with van der Waals surface area (Å²) in [7, 11) is 1.67. The smallest absolute Gasteiger partial charge is 0.227 e. The Hall–Kier alpha value is -1.92. The van der Waals surface area contributed by atoms with E-state index in [1.165, 1.54) is 11.8 Å². The third-order valence-electron chi connectivity index (χ3n) is 6.38. The average Bonchev–Trinajstić information content (AvgIpc) is 3.34. The van der Waals surface area contributed by atoms with Crippen LogP contribution in [0.2, 0.25) is 0 Å². The second-order valence-corrected chi connectivity index (χ2v) is 8.10. The lowest BCUT2D eigenvalue weighted by atomic mass is 9.91. The number of benzene rings is 1. The zero-order valence-electron chi connectivity index (χ0n) is 16.8. The second-order valence-electron chi connectivity index (χ2n) is 8.10. The molecule has 0 aliphatic carbocycles. The van der Waals surface area contributed by atoms with Crippen LogP contribution in [-0.2, 0) is 16.1 Å². The number of aryl methyl sites for hydroxylation is 1. The number of halogens is 1. The van der Waals surface area contributed by atoms with Gasteiger partial charge in [-0.25, -0.2) is 4.39 Å². The predicted octanol–water partition coefficient (Wildman–Crippen LogP) is 3.05. The second kappa shape index (κ2) is 8.21. The van der Waals surface area contributed by atoms with Crippen LogP contribution in [0.5, 0.6) is 0 Å². The lowest BCUT2D eigenvalue weighted by Crippen LogP contribution is -2.43. The molecule has 0 spiro atoms. The van der Waals surface area contributed by atoms with Crippen LogP contribution >= 0.6 is 0 Å². The number of fused-ring (bicyclic) bond motifs is 1. The number of piperidine rings is 1. The van der Waals surface area contributed by atoms with Gasteiger partial charge in [-0.15, -0.1) is 0 Å². The number of nitrogens with one attached hydrogen (secondary N) is 1. The van der Waals surface area contributed by atoms with Gasteiger partial charge in [0.1, 0.15) is 5.82 Å². The monoisotopic (exact) mass is 387 g/mol. The first-order chi connectivity index (χ1) is 13.6. The highest BCUT2D eigenvalue weighted by Crippen LogP contribution is 2.36. The number of ether oxygens (including phenoxy) is 1. The lowest BCUT2D eigenvalue weighted by molar-refractivity contribution is -0.136. The van der Waals surface area contributed by atoms with E-state index in [1.807, 2.05) is 11.0 Å². The zero-order valence-corrected chi connectivity index (χ0v) is 16.8. The number of rotatable bonds is 5. The molecule has 2 saturated heterocycles. The van der Waals surface area contributed by atoms with E-state index in [0.29, 0.717) is 18.7 Å². The van der Waals surface area contributed by atoms with Crippen LogP contribution in [0.3, 0.4) is 0 Å². The Labute approximate surface area is 165 Å². The Bertz CT molecular complexity index is 857. The molecule has 1 amide bonds. The van der Waals surface area contributed by atoms with Crippen molar-refractivity contribution in [3.63, 3.8) is 0 Å². The summed E-state index contributed by atoms with van der Waals surface area (Å²) in [6, 6.07) is 5.30. The van der Waals surface area contributed by atoms with E-state index in [-0.39, 0.29) is 23.6 Å². The van der Waals surface area contributed by atoms with Crippen molar-refractivity contribution in [2.45, 2.75) is 38.6 Å². The number of aromatic nitrogens is 1. The number of likely N-dealkylation sites (tertiary alicyclic amines) is 1. The van der Waals surface area contributed by atoms with E-state index in [2.05, 4.69) is 16.8 Å². The van der Waals surface area contributed by atoms with Gasteiger partial charge in [-0.05, 0) is 44.4 Å². The van der Waals surface area contributed by atoms with Gasteiger partial charge in [0.2, 0.25) is 5.91 Å². The van der Waals surface area contributed by atoms with Crippen molar-refractivity contribution in [2.24, 2.45) is 5.92 Å². The fourth-order valence-corrected chi connectivity index (χ4v) is 5.02. The minimum absolute atomic E-state index is 0.108. The molecule has 1 aromatic carbocycles. The Morgan fingerprint density at radius 1 is 1.36 bits per heavy atom. The van der Waals surface area contributed by atoms with E-state index < -0.39 is 0 Å². The van der Waals surface area contributed by atoms with Crippen molar-refractivity contribution in [3.8, 4) is 0 Å². The molecule has 6 heteroatoms. The van der Waals surface area contributed by atoms with E-state index in [1.54, 1.807) is 13.2 Å². The van der Waals surface area contributed by atoms with Crippen molar-refractivity contribution in [1.82, 2.24) is 14.8 Å². The number of hydrogen-bond donors (Lipinski definition) is 1. The molecule has 0 saturated carbocycles. The molecular formula is C22H30FN3O2. The molecule has 2 aliphatic heterocycles. The van der Waals surface area contributed by atoms with Crippen LogP contribution in [-0.4, -0.2) is 55.3 Å². The lowest BCUT2D eigenvalue weighted by Gasteiger charge is -2.35. The van der Waals surface area contributed by atoms with Crippen LogP contribution in [0.25, 0.3) is 10.9 Å². The molecule has 3 heterocycles. The molecule has 2 unspecified atom stereocenters. The maximum Gasteiger partial charge on any atom is 0.227 e. The fraction of sp³-hybridized carbons (Fsp3) is 0.591. The van der Waals surface area contributed by atoms with E-state index in [4.69, 9.17) is 4.74 Å². The van der Waals surface area contributed by atoms with Gasteiger partial charge in [-0.3, -0.25) is 4.79 Å². The number of amides is 1. The number of carbonyl (C=O) groups is 1. The number of carbonyl (C=O) groups excluding carboxylic acids is 1. The Balaban J connectivity index is 1.68. The van der Waals surface area contributed by atoms with Gasteiger partial charge in [-0.2, -0.15) is 0 Å². The molecule has 4 rings (SSSR count). The zero-order chi connectivity index (χ0) is 19.7. The molecule has 0 radical (unpaired) electrons. The largest absolute Gasteiger partial charge is 0.383 e. The van der Waals surface area contributed by atoms with Crippen LogP contribution in [0.4, 0.5) is 4.39 Å². The Kier molecular flexibility index (Phi) is 5.69. The third-order valence-corrected chi connectivity index (χ3v) is 6.38. The molecule has 28 heavy (non-hydrogen) atoms. The molecule has 2 aliphatic rings. The van der Waals surface area contributed by atoms with Gasteiger partial charge < -0.3 is 19.5 Å². The normalized spacial score (nSPS) is 22.9. The van der Waals surface area contributed by atoms with Gasteiger partial charge in [-0.1, -0.05) is 12.1 Å². The summed E-state index contributed by atoms with van der Waals surface area (Å²) >= 11 is 0. The van der Waals surface area contributed by atoms with Crippen molar-refractivity contribution in [2.75, 3.05) is 39.9 Å². The molecule has 2 aromatic rings. The number of methoxy groups -OCH3 is 1. The highest BCUT2D eigenvalue weighted by molar-refractivity contribution is 5.86. The van der Waals surface area contributed by atoms with Crippen molar-refractivity contribution >= 4 is 16.8 Å². The summed E-state index contributed by atoms with van der Waals surface area (Å²) in [5, 5.41) is 4.26. The van der Waals surface area contributed by atoms with Crippen molar-refractivity contribution in [1.29, 1.82) is 0 Å². The summed E-state index contributed by atoms with van der Waals surface area (Å²) in [5.74, 6) is 0.425. The number of nitrogens with zero attached hydrogens (tertiary/aromatic N) is 2. The van der Waals surface area contributed by atoms with Gasteiger partial charge in [0, 0.05) is 50.3 Å². The van der Waals surface area contributed by atoms with E-state index in [0.717, 1.165) is 56.4 Å². The SMILES string of the molecule is COCCn1c(C2CCCN(C(=O)C3CCNC3)C2)c(C)c2cccc(F)c21. The van der Waals surface area contributed by atoms with Gasteiger partial charge in [0.15, 0.2) is 0 Å². The maximum absolute atomic E-state index is 14.7. The van der Waals surface area contributed by atoms with Gasteiger partial charge >= 0.3 is 0 Å². The van der Waals surface area contributed by atoms with Crippen LogP contribution in [0, 0.1) is 18.7 Å². The molecule has 1 aromatic heterocycles. The standard InChI is InChI=1S/C22H30FN3O2/c1-15-18-6-3-7-19(23)21(18)26(11-12-28-2)20(15)17-5-4-10-25(14-17)22(27)16-8-9-24-13-16/h3,6-7,16-17,24H,4-5,8-14H2,1-2H3. The summed E-state index contributed by atoms with van der Waals surface area (Å²) < 4.78 is 22.1. The molecular weight excluding hydrogens is 357 g/mol. The maximum atomic E-state index is 14.7. The van der Waals surface area contributed by atoms with Crippen LogP contribution in [0.1, 0.15) is 36.4 Å². The molecule has 2 fully saturated rings. The Morgan fingerprint density at radius 2 is 2.21 bits per heavy atom. The minimum Gasteiger partial charge on any atom is -0.383 e. The molecule has 2 atom stereocenters. The predicted molar refractivity (Wildman–Crippen MR) is 108 cm³/mol. The molecule has 1 N–H and O–H groups in total. The molecule has 5 nitrogen and oxygen atoms in total. The highest BCUT2D eigenvalue weighted by atomic mass is 19.1. The van der Waals surface area contributed by atoms with Crippen LogP contribution in [0.15, 0.2) is 18.2 Å². The van der Waals surface area contributed by atoms with E-state index >= 15 is 0 Å². The summed E-state index contributed by atoms with van der Waals surface area (Å²) in [4.78, 5) is 15.0. The summed E-state index contributed by atoms with van der Waals surface area (Å²) in [6.45, 7) is 6.51. The quantitative estimate of drug-likeness (QED) is 0.858. The third kappa shape index (κ3) is 3.44.